The third-order valence-corrected chi connectivity index (χ3v) is 4.34. The summed E-state index contributed by atoms with van der Waals surface area (Å²) in [4.78, 5) is 35.4. The van der Waals surface area contributed by atoms with E-state index in [-0.39, 0.29) is 32.5 Å². The van der Waals surface area contributed by atoms with Crippen LogP contribution in [-0.4, -0.2) is 61.0 Å². The molecule has 0 radical (unpaired) electrons. The molecule has 0 spiro atoms. The smallest absolute Gasteiger partial charge is 0.305 e. The summed E-state index contributed by atoms with van der Waals surface area (Å²) >= 11 is 0. The SMILES string of the molecule is CCC(=O)OCC1(COC(=O)CC)O[C@@H]2OC(C)(C)O[C@@H]2[C@@H]1OC(=O)CC. The number of hydrogen-bond acceptors (Lipinski definition) is 9. The molecule has 2 rings (SSSR count). The number of carbonyl (C=O) groups is 3. The van der Waals surface area contributed by atoms with E-state index < -0.39 is 47.8 Å². The van der Waals surface area contributed by atoms with Gasteiger partial charge in [-0.25, -0.2) is 0 Å². The first-order valence-electron chi connectivity index (χ1n) is 9.20. The second kappa shape index (κ2) is 8.53. The lowest BCUT2D eigenvalue weighted by Crippen LogP contribution is -2.54. The van der Waals surface area contributed by atoms with Gasteiger partial charge in [0.1, 0.15) is 13.2 Å². The van der Waals surface area contributed by atoms with Gasteiger partial charge in [0.25, 0.3) is 0 Å². The number of esters is 3. The molecular formula is C18H28O9. The zero-order valence-electron chi connectivity index (χ0n) is 16.4. The van der Waals surface area contributed by atoms with E-state index in [4.69, 9.17) is 28.4 Å². The lowest BCUT2D eigenvalue weighted by atomic mass is 9.96. The molecule has 0 aromatic carbocycles. The van der Waals surface area contributed by atoms with E-state index in [1.807, 2.05) is 0 Å². The van der Waals surface area contributed by atoms with Crippen LogP contribution in [0.1, 0.15) is 53.9 Å². The average Bonchev–Trinajstić information content (AvgIpc) is 3.07. The van der Waals surface area contributed by atoms with Crippen molar-refractivity contribution >= 4 is 17.9 Å². The van der Waals surface area contributed by atoms with Gasteiger partial charge < -0.3 is 28.4 Å². The Morgan fingerprint density at radius 2 is 1.33 bits per heavy atom. The van der Waals surface area contributed by atoms with Gasteiger partial charge in [0, 0.05) is 19.3 Å². The fourth-order valence-corrected chi connectivity index (χ4v) is 2.93. The molecule has 2 aliphatic rings. The largest absolute Gasteiger partial charge is 0.462 e. The molecule has 0 saturated carbocycles. The van der Waals surface area contributed by atoms with Crippen LogP contribution in [0.25, 0.3) is 0 Å². The highest BCUT2D eigenvalue weighted by molar-refractivity contribution is 5.70. The molecule has 154 valence electrons. The summed E-state index contributed by atoms with van der Waals surface area (Å²) < 4.78 is 33.6. The molecule has 9 nitrogen and oxygen atoms in total. The van der Waals surface area contributed by atoms with Crippen molar-refractivity contribution in [3.63, 3.8) is 0 Å². The molecular weight excluding hydrogens is 360 g/mol. The Labute approximate surface area is 158 Å². The van der Waals surface area contributed by atoms with Gasteiger partial charge in [0.15, 0.2) is 29.9 Å². The molecule has 2 saturated heterocycles. The van der Waals surface area contributed by atoms with Crippen molar-refractivity contribution in [2.75, 3.05) is 13.2 Å². The highest BCUT2D eigenvalue weighted by Crippen LogP contribution is 2.44. The minimum atomic E-state index is -1.41. The predicted octanol–water partition coefficient (Wildman–Crippen LogP) is 1.46. The molecule has 0 N–H and O–H groups in total. The van der Waals surface area contributed by atoms with Gasteiger partial charge in [0.05, 0.1) is 0 Å². The molecule has 0 aliphatic carbocycles. The van der Waals surface area contributed by atoms with Gasteiger partial charge in [0.2, 0.25) is 0 Å². The molecule has 9 heteroatoms. The second-order valence-corrected chi connectivity index (χ2v) is 6.94. The van der Waals surface area contributed by atoms with Crippen LogP contribution >= 0.6 is 0 Å². The van der Waals surface area contributed by atoms with Gasteiger partial charge >= 0.3 is 17.9 Å². The quantitative estimate of drug-likeness (QED) is 0.451. The first-order chi connectivity index (χ1) is 12.7. The second-order valence-electron chi connectivity index (χ2n) is 6.94. The Bertz CT molecular complexity index is 551. The number of fused-ring (bicyclic) bond motifs is 1. The Kier molecular flexibility index (Phi) is 6.82. The maximum Gasteiger partial charge on any atom is 0.305 e. The molecule has 2 fully saturated rings. The third kappa shape index (κ3) is 4.97. The van der Waals surface area contributed by atoms with Crippen molar-refractivity contribution in [2.45, 2.75) is 83.8 Å². The van der Waals surface area contributed by atoms with Crippen molar-refractivity contribution < 1.29 is 42.8 Å². The Balaban J connectivity index is 2.29. The van der Waals surface area contributed by atoms with Crippen LogP contribution in [0.4, 0.5) is 0 Å². The fraction of sp³-hybridized carbons (Fsp3) is 0.833. The summed E-state index contributed by atoms with van der Waals surface area (Å²) in [7, 11) is 0. The molecule has 0 unspecified atom stereocenters. The van der Waals surface area contributed by atoms with Crippen molar-refractivity contribution in [1.29, 1.82) is 0 Å². The van der Waals surface area contributed by atoms with Crippen LogP contribution in [-0.2, 0) is 42.8 Å². The monoisotopic (exact) mass is 388 g/mol. The topological polar surface area (TPSA) is 107 Å². The molecule has 27 heavy (non-hydrogen) atoms. The van der Waals surface area contributed by atoms with E-state index >= 15 is 0 Å². The minimum Gasteiger partial charge on any atom is -0.462 e. The fourth-order valence-electron chi connectivity index (χ4n) is 2.93. The first kappa shape index (κ1) is 21.6. The molecule has 2 heterocycles. The summed E-state index contributed by atoms with van der Waals surface area (Å²) in [6.07, 6.45) is -2.09. The van der Waals surface area contributed by atoms with Crippen LogP contribution in [0.5, 0.6) is 0 Å². The van der Waals surface area contributed by atoms with E-state index in [2.05, 4.69) is 0 Å². The summed E-state index contributed by atoms with van der Waals surface area (Å²) in [5, 5.41) is 0. The summed E-state index contributed by atoms with van der Waals surface area (Å²) in [5.41, 5.74) is -1.41. The number of hydrogen-bond donors (Lipinski definition) is 0. The highest BCUT2D eigenvalue weighted by atomic mass is 16.9. The molecule has 0 bridgehead atoms. The minimum absolute atomic E-state index is 0.137. The maximum atomic E-state index is 12.0. The average molecular weight is 388 g/mol. The predicted molar refractivity (Wildman–Crippen MR) is 90.3 cm³/mol. The van der Waals surface area contributed by atoms with E-state index in [1.54, 1.807) is 34.6 Å². The van der Waals surface area contributed by atoms with Crippen molar-refractivity contribution in [2.24, 2.45) is 0 Å². The van der Waals surface area contributed by atoms with E-state index in [1.165, 1.54) is 0 Å². The molecule has 0 aromatic rings. The van der Waals surface area contributed by atoms with Crippen molar-refractivity contribution in [1.82, 2.24) is 0 Å². The van der Waals surface area contributed by atoms with Gasteiger partial charge in [-0.05, 0) is 13.8 Å². The first-order valence-corrected chi connectivity index (χ1v) is 9.20. The number of rotatable bonds is 8. The highest BCUT2D eigenvalue weighted by Gasteiger charge is 2.65. The van der Waals surface area contributed by atoms with E-state index in [0.717, 1.165) is 0 Å². The van der Waals surface area contributed by atoms with Gasteiger partial charge in [-0.2, -0.15) is 0 Å². The van der Waals surface area contributed by atoms with Crippen LogP contribution < -0.4 is 0 Å². The van der Waals surface area contributed by atoms with Crippen molar-refractivity contribution in [3.05, 3.63) is 0 Å². The molecule has 3 atom stereocenters. The molecule has 0 aromatic heterocycles. The van der Waals surface area contributed by atoms with Crippen LogP contribution in [0.2, 0.25) is 0 Å². The maximum absolute atomic E-state index is 12.0. The van der Waals surface area contributed by atoms with Gasteiger partial charge in [-0.3, -0.25) is 14.4 Å². The normalized spacial score (nSPS) is 27.7. The summed E-state index contributed by atoms with van der Waals surface area (Å²) in [5.74, 6) is -2.33. The van der Waals surface area contributed by atoms with Gasteiger partial charge in [-0.15, -0.1) is 0 Å². The van der Waals surface area contributed by atoms with Crippen LogP contribution in [0, 0.1) is 0 Å². The number of carbonyl (C=O) groups excluding carboxylic acids is 3. The molecule has 0 amide bonds. The van der Waals surface area contributed by atoms with Crippen molar-refractivity contribution in [3.8, 4) is 0 Å². The Morgan fingerprint density at radius 3 is 1.81 bits per heavy atom. The Morgan fingerprint density at radius 1 is 0.815 bits per heavy atom. The Hall–Kier alpha value is -1.71. The lowest BCUT2D eigenvalue weighted by molar-refractivity contribution is -0.259. The zero-order valence-corrected chi connectivity index (χ0v) is 16.4. The standard InChI is InChI=1S/C18H28O9/c1-6-11(19)22-9-18(10-23-12(20)7-2)15(24-13(21)8-3)14-16(27-18)26-17(4,5)25-14/h14-16H,6-10H2,1-5H3/t14-,15+,16+/m1/s1. The number of ether oxygens (including phenoxy) is 6. The third-order valence-electron chi connectivity index (χ3n) is 4.34. The lowest BCUT2D eigenvalue weighted by Gasteiger charge is -2.35. The zero-order chi connectivity index (χ0) is 20.2. The van der Waals surface area contributed by atoms with Crippen LogP contribution in [0.3, 0.4) is 0 Å². The molecule has 2 aliphatic heterocycles. The van der Waals surface area contributed by atoms with E-state index in [9.17, 15) is 14.4 Å². The van der Waals surface area contributed by atoms with Gasteiger partial charge in [-0.1, -0.05) is 20.8 Å². The summed E-state index contributed by atoms with van der Waals surface area (Å²) in [6, 6.07) is 0. The van der Waals surface area contributed by atoms with E-state index in [0.29, 0.717) is 0 Å². The van der Waals surface area contributed by atoms with Crippen LogP contribution in [0.15, 0.2) is 0 Å². The summed E-state index contributed by atoms with van der Waals surface area (Å²) in [6.45, 7) is 7.85.